The highest BCUT2D eigenvalue weighted by molar-refractivity contribution is 7.80. The minimum absolute atomic E-state index is 0.216. The van der Waals surface area contributed by atoms with Crippen molar-refractivity contribution in [2.45, 2.75) is 12.1 Å². The molecule has 1 aliphatic heterocycles. The maximum Gasteiger partial charge on any atom is 0.337 e. The average molecular weight is 547 g/mol. The lowest BCUT2D eigenvalue weighted by Crippen LogP contribution is -2.30. The van der Waals surface area contributed by atoms with Gasteiger partial charge in [0.1, 0.15) is 17.5 Å². The van der Waals surface area contributed by atoms with Crippen LogP contribution in [-0.2, 0) is 4.74 Å². The number of esters is 1. The molecule has 5 aromatic rings. The number of methoxy groups -OCH3 is 1. The molecule has 1 saturated heterocycles. The molecule has 0 unspecified atom stereocenters. The molecule has 2 atom stereocenters. The van der Waals surface area contributed by atoms with E-state index in [4.69, 9.17) is 21.7 Å². The fourth-order valence-corrected chi connectivity index (χ4v) is 5.35. The summed E-state index contributed by atoms with van der Waals surface area (Å²) >= 11 is 5.90. The third kappa shape index (κ3) is 4.92. The molecule has 8 heteroatoms. The standard InChI is InChI=1S/C32H26N4O3S/c1-38-31(37)22-9-7-10-24(21-22)35-20-8-14-28(35)30-29(27-13-5-6-19-33-27)34-32(40)36(30)23-15-17-26(18-16-23)39-25-11-3-2-4-12-25/h2-21,29-30H,1H3,(H,34,40)/t29-,30-/m1/s1. The summed E-state index contributed by atoms with van der Waals surface area (Å²) in [6.07, 6.45) is 3.77. The van der Waals surface area contributed by atoms with Crippen molar-refractivity contribution in [3.63, 3.8) is 0 Å². The van der Waals surface area contributed by atoms with Crippen LogP contribution in [0, 0.1) is 0 Å². The van der Waals surface area contributed by atoms with Crippen LogP contribution in [0.25, 0.3) is 5.69 Å². The molecule has 0 amide bonds. The predicted octanol–water partition coefficient (Wildman–Crippen LogP) is 6.63. The summed E-state index contributed by atoms with van der Waals surface area (Å²) in [4.78, 5) is 19.0. The van der Waals surface area contributed by atoms with E-state index in [1.165, 1.54) is 7.11 Å². The highest BCUT2D eigenvalue weighted by Crippen LogP contribution is 2.42. The lowest BCUT2D eigenvalue weighted by Gasteiger charge is -2.29. The van der Waals surface area contributed by atoms with Crippen molar-refractivity contribution in [1.29, 1.82) is 0 Å². The Kier molecular flexibility index (Phi) is 6.99. The zero-order chi connectivity index (χ0) is 27.5. The average Bonchev–Trinajstić information content (AvgIpc) is 3.62. The summed E-state index contributed by atoms with van der Waals surface area (Å²) in [5.74, 6) is 1.12. The predicted molar refractivity (Wildman–Crippen MR) is 158 cm³/mol. The number of rotatable bonds is 7. The molecule has 1 N–H and O–H groups in total. The zero-order valence-electron chi connectivity index (χ0n) is 21.7. The minimum atomic E-state index is -0.384. The molecule has 1 aliphatic rings. The largest absolute Gasteiger partial charge is 0.465 e. The summed E-state index contributed by atoms with van der Waals surface area (Å²) in [6, 6.07) is 34.4. The van der Waals surface area contributed by atoms with Crippen LogP contribution >= 0.6 is 12.2 Å². The van der Waals surface area contributed by atoms with Crippen LogP contribution in [-0.4, -0.2) is 27.7 Å². The molecular formula is C32H26N4O3S. The second kappa shape index (κ2) is 11.0. The molecule has 2 aromatic heterocycles. The Morgan fingerprint density at radius 3 is 2.38 bits per heavy atom. The molecule has 0 spiro atoms. The van der Waals surface area contributed by atoms with Gasteiger partial charge in [-0.3, -0.25) is 4.98 Å². The van der Waals surface area contributed by atoms with Crippen LogP contribution in [0.15, 0.2) is 122 Å². The van der Waals surface area contributed by atoms with Gasteiger partial charge in [-0.15, -0.1) is 0 Å². The molecule has 198 valence electrons. The van der Waals surface area contributed by atoms with Crippen molar-refractivity contribution >= 4 is 29.0 Å². The number of benzene rings is 3. The summed E-state index contributed by atoms with van der Waals surface area (Å²) in [5, 5.41) is 4.10. The van der Waals surface area contributed by atoms with E-state index in [1.807, 2.05) is 103 Å². The fraction of sp³-hybridized carbons (Fsp3) is 0.0938. The molecule has 0 aliphatic carbocycles. The normalized spacial score (nSPS) is 16.4. The van der Waals surface area contributed by atoms with E-state index in [-0.39, 0.29) is 18.1 Å². The quantitative estimate of drug-likeness (QED) is 0.182. The van der Waals surface area contributed by atoms with Gasteiger partial charge in [-0.05, 0) is 91.1 Å². The van der Waals surface area contributed by atoms with Crippen LogP contribution in [0.1, 0.15) is 33.8 Å². The summed E-state index contributed by atoms with van der Waals surface area (Å²) in [7, 11) is 1.38. The topological polar surface area (TPSA) is 68.6 Å². The lowest BCUT2D eigenvalue weighted by molar-refractivity contribution is 0.0600. The number of nitrogens with zero attached hydrogens (tertiary/aromatic N) is 3. The van der Waals surface area contributed by atoms with Crippen molar-refractivity contribution in [2.24, 2.45) is 0 Å². The number of ether oxygens (including phenoxy) is 2. The van der Waals surface area contributed by atoms with Gasteiger partial charge in [-0.2, -0.15) is 0 Å². The van der Waals surface area contributed by atoms with E-state index in [0.29, 0.717) is 10.7 Å². The first kappa shape index (κ1) is 25.3. The number of para-hydroxylation sites is 1. The number of thiocarbonyl (C=S) groups is 1. The smallest absolute Gasteiger partial charge is 0.337 e. The Morgan fingerprint density at radius 1 is 0.850 bits per heavy atom. The van der Waals surface area contributed by atoms with E-state index in [1.54, 1.807) is 12.3 Å². The molecule has 0 radical (unpaired) electrons. The molecule has 3 heterocycles. The van der Waals surface area contributed by atoms with E-state index in [2.05, 4.69) is 25.8 Å². The number of hydrogen-bond donors (Lipinski definition) is 1. The molecule has 40 heavy (non-hydrogen) atoms. The highest BCUT2D eigenvalue weighted by Gasteiger charge is 2.42. The van der Waals surface area contributed by atoms with Crippen molar-refractivity contribution in [2.75, 3.05) is 12.0 Å². The van der Waals surface area contributed by atoms with Crippen molar-refractivity contribution in [3.8, 4) is 17.2 Å². The van der Waals surface area contributed by atoms with E-state index in [9.17, 15) is 4.79 Å². The Morgan fingerprint density at radius 2 is 1.62 bits per heavy atom. The van der Waals surface area contributed by atoms with Crippen molar-refractivity contribution in [3.05, 3.63) is 139 Å². The highest BCUT2D eigenvalue weighted by atomic mass is 32.1. The van der Waals surface area contributed by atoms with Gasteiger partial charge < -0.3 is 24.3 Å². The molecule has 1 fully saturated rings. The van der Waals surface area contributed by atoms with E-state index in [0.717, 1.165) is 34.3 Å². The minimum Gasteiger partial charge on any atom is -0.465 e. The van der Waals surface area contributed by atoms with Gasteiger partial charge in [0.2, 0.25) is 0 Å². The number of carbonyl (C=O) groups is 1. The summed E-state index contributed by atoms with van der Waals surface area (Å²) in [5.41, 5.74) is 4.09. The second-order valence-corrected chi connectivity index (χ2v) is 9.64. The molecular weight excluding hydrogens is 520 g/mol. The molecule has 7 nitrogen and oxygen atoms in total. The van der Waals surface area contributed by atoms with Crippen LogP contribution in [0.3, 0.4) is 0 Å². The monoisotopic (exact) mass is 546 g/mol. The maximum atomic E-state index is 12.3. The molecule has 0 bridgehead atoms. The number of nitrogens with one attached hydrogen (secondary N) is 1. The van der Waals surface area contributed by atoms with Gasteiger partial charge in [0.15, 0.2) is 5.11 Å². The summed E-state index contributed by atoms with van der Waals surface area (Å²) < 4.78 is 13.0. The van der Waals surface area contributed by atoms with Gasteiger partial charge in [0.05, 0.1) is 24.4 Å². The Balaban J connectivity index is 1.41. The number of aromatic nitrogens is 2. The van der Waals surface area contributed by atoms with E-state index < -0.39 is 0 Å². The molecule has 6 rings (SSSR count). The third-order valence-corrected chi connectivity index (χ3v) is 7.14. The first-order valence-electron chi connectivity index (χ1n) is 12.8. The fourth-order valence-electron chi connectivity index (χ4n) is 5.00. The first-order valence-corrected chi connectivity index (χ1v) is 13.2. The third-order valence-electron chi connectivity index (χ3n) is 6.82. The van der Waals surface area contributed by atoms with Gasteiger partial charge in [0.25, 0.3) is 0 Å². The van der Waals surface area contributed by atoms with Gasteiger partial charge in [0, 0.05) is 29.5 Å². The van der Waals surface area contributed by atoms with Gasteiger partial charge in [-0.1, -0.05) is 30.3 Å². The SMILES string of the molecule is COC(=O)c1cccc(-n2cccc2[C@@H]2[C@@H](c3ccccn3)NC(=S)N2c2ccc(Oc3ccccc3)cc2)c1. The molecule has 3 aromatic carbocycles. The van der Waals surface area contributed by atoms with Crippen LogP contribution in [0.2, 0.25) is 0 Å². The second-order valence-electron chi connectivity index (χ2n) is 9.25. The van der Waals surface area contributed by atoms with E-state index >= 15 is 0 Å². The first-order chi connectivity index (χ1) is 19.6. The lowest BCUT2D eigenvalue weighted by atomic mass is 10.0. The molecule has 0 saturated carbocycles. The van der Waals surface area contributed by atoms with Crippen LogP contribution in [0.5, 0.6) is 11.5 Å². The Bertz CT molecular complexity index is 1640. The number of hydrogen-bond acceptors (Lipinski definition) is 5. The Hall–Kier alpha value is -4.95. The van der Waals surface area contributed by atoms with Gasteiger partial charge in [-0.25, -0.2) is 4.79 Å². The number of carbonyl (C=O) groups excluding carboxylic acids is 1. The van der Waals surface area contributed by atoms with Crippen molar-refractivity contribution < 1.29 is 14.3 Å². The van der Waals surface area contributed by atoms with Crippen LogP contribution in [0.4, 0.5) is 5.69 Å². The maximum absolute atomic E-state index is 12.3. The zero-order valence-corrected chi connectivity index (χ0v) is 22.5. The van der Waals surface area contributed by atoms with Gasteiger partial charge >= 0.3 is 5.97 Å². The van der Waals surface area contributed by atoms with Crippen LogP contribution < -0.4 is 15.0 Å². The number of anilines is 1. The Labute approximate surface area is 237 Å². The van der Waals surface area contributed by atoms with Crippen molar-refractivity contribution in [1.82, 2.24) is 14.9 Å². The summed E-state index contributed by atoms with van der Waals surface area (Å²) in [6.45, 7) is 0. The number of pyridine rings is 1.